The molecular weight excluding hydrogens is 509 g/mol. The highest BCUT2D eigenvalue weighted by Crippen LogP contribution is 2.31. The molecule has 0 bridgehead atoms. The minimum atomic E-state index is -0.265. The molecule has 41 heavy (non-hydrogen) atoms. The second-order valence-electron chi connectivity index (χ2n) is 10.4. The van der Waals surface area contributed by atoms with Gasteiger partial charge in [-0.25, -0.2) is 4.39 Å². The Hall–Kier alpha value is -5.10. The first-order valence-corrected chi connectivity index (χ1v) is 13.6. The van der Waals surface area contributed by atoms with Gasteiger partial charge in [0.15, 0.2) is 0 Å². The van der Waals surface area contributed by atoms with Gasteiger partial charge in [0.25, 0.3) is 0 Å². The van der Waals surface area contributed by atoms with E-state index in [1.165, 1.54) is 23.3 Å². The van der Waals surface area contributed by atoms with Crippen LogP contribution in [0.3, 0.4) is 0 Å². The number of allylic oxidation sites excluding steroid dienone is 2. The number of nitrogens with one attached hydrogen (secondary N) is 2. The van der Waals surface area contributed by atoms with Gasteiger partial charge >= 0.3 is 0 Å². The lowest BCUT2D eigenvalue weighted by Crippen LogP contribution is -2.21. The molecule has 0 aliphatic carbocycles. The predicted molar refractivity (Wildman–Crippen MR) is 165 cm³/mol. The summed E-state index contributed by atoms with van der Waals surface area (Å²) in [6.45, 7) is 8.26. The number of aromatic nitrogens is 5. The molecule has 2 aromatic carbocycles. The van der Waals surface area contributed by atoms with E-state index in [1.807, 2.05) is 43.6 Å². The number of nitrogens with zero attached hydrogens (tertiary/aromatic N) is 3. The molecule has 5 nitrogen and oxygen atoms in total. The lowest BCUT2D eigenvalue weighted by molar-refractivity contribution is 0.627. The number of H-pyrrole nitrogens is 2. The Morgan fingerprint density at radius 3 is 2.56 bits per heavy atom. The number of halogens is 1. The lowest BCUT2D eigenvalue weighted by atomic mass is 10.0. The number of hydrogen-bond donors (Lipinski definition) is 2. The topological polar surface area (TPSA) is 70.2 Å². The monoisotopic (exact) mass is 539 g/mol. The maximum Gasteiger partial charge on any atom is 0.124 e. The van der Waals surface area contributed by atoms with Crippen LogP contribution in [0.5, 0.6) is 0 Å². The van der Waals surface area contributed by atoms with Gasteiger partial charge in [0.05, 0.1) is 22.8 Å². The number of rotatable bonds is 7. The Morgan fingerprint density at radius 1 is 0.927 bits per heavy atom. The lowest BCUT2D eigenvalue weighted by Gasteiger charge is -2.05. The highest BCUT2D eigenvalue weighted by atomic mass is 19.1. The van der Waals surface area contributed by atoms with Crippen molar-refractivity contribution in [2.45, 2.75) is 26.7 Å². The van der Waals surface area contributed by atoms with Crippen LogP contribution in [0.15, 0.2) is 91.5 Å². The third-order valence-corrected chi connectivity index (χ3v) is 7.35. The van der Waals surface area contributed by atoms with E-state index >= 15 is 0 Å². The molecule has 6 aromatic rings. The summed E-state index contributed by atoms with van der Waals surface area (Å²) in [6.07, 6.45) is 13.3. The SMILES string of the molecule is C=c1c(-c2cc3c(-c4cc(C)cc(F)c4)cncc3[nH]2)n[nH]/c1=C/C=C(\C)c1cncc(CCc2ccccc2)c1. The number of benzene rings is 2. The van der Waals surface area contributed by atoms with Gasteiger partial charge in [0, 0.05) is 34.8 Å². The highest BCUT2D eigenvalue weighted by Gasteiger charge is 2.13. The van der Waals surface area contributed by atoms with Crippen LogP contribution >= 0.6 is 0 Å². The maximum atomic E-state index is 14.1. The molecule has 0 atom stereocenters. The van der Waals surface area contributed by atoms with E-state index in [0.717, 1.165) is 73.5 Å². The fourth-order valence-corrected chi connectivity index (χ4v) is 5.12. The highest BCUT2D eigenvalue weighted by molar-refractivity contribution is 5.97. The van der Waals surface area contributed by atoms with Crippen LogP contribution in [-0.2, 0) is 12.8 Å². The van der Waals surface area contributed by atoms with E-state index in [9.17, 15) is 4.39 Å². The standard InChI is InChI=1S/C35H30FN5/c1-22-13-27(16-29(36)14-22)31-20-38-21-34-30(31)17-33(39-34)35-24(3)32(40-41-35)12-9-23(2)28-15-26(18-37-19-28)11-10-25-7-5-4-6-8-25/h4-9,12-21,39-40H,3,10-11H2,1-2H3/b23-9+,32-12+. The number of hydrogen-bond acceptors (Lipinski definition) is 3. The predicted octanol–water partition coefficient (Wildman–Crippen LogP) is 6.54. The van der Waals surface area contributed by atoms with Crippen LogP contribution in [0.1, 0.15) is 29.2 Å². The molecule has 202 valence electrons. The van der Waals surface area contributed by atoms with Gasteiger partial charge in [-0.1, -0.05) is 49.1 Å². The van der Waals surface area contributed by atoms with Crippen molar-refractivity contribution in [1.82, 2.24) is 25.1 Å². The molecular formula is C35H30FN5. The average molecular weight is 540 g/mol. The van der Waals surface area contributed by atoms with Crippen LogP contribution in [-0.4, -0.2) is 25.1 Å². The largest absolute Gasteiger partial charge is 0.352 e. The summed E-state index contributed by atoms with van der Waals surface area (Å²) >= 11 is 0. The van der Waals surface area contributed by atoms with Gasteiger partial charge < -0.3 is 4.98 Å². The normalized spacial score (nSPS) is 12.4. The maximum absolute atomic E-state index is 14.1. The Kier molecular flexibility index (Phi) is 7.13. The second-order valence-corrected chi connectivity index (χ2v) is 10.4. The van der Waals surface area contributed by atoms with Crippen molar-refractivity contribution in [2.24, 2.45) is 0 Å². The molecule has 4 aromatic heterocycles. The van der Waals surface area contributed by atoms with Crippen molar-refractivity contribution in [1.29, 1.82) is 0 Å². The van der Waals surface area contributed by atoms with Crippen molar-refractivity contribution in [2.75, 3.05) is 0 Å². The molecule has 0 amide bonds. The summed E-state index contributed by atoms with van der Waals surface area (Å²) in [7, 11) is 0. The van der Waals surface area contributed by atoms with Gasteiger partial charge in [-0.05, 0) is 90.4 Å². The molecule has 0 unspecified atom stereocenters. The summed E-state index contributed by atoms with van der Waals surface area (Å²) in [5.41, 5.74) is 9.62. The van der Waals surface area contributed by atoms with Crippen molar-refractivity contribution < 1.29 is 4.39 Å². The number of aryl methyl sites for hydroxylation is 3. The van der Waals surface area contributed by atoms with Gasteiger partial charge in [-0.3, -0.25) is 15.1 Å². The van der Waals surface area contributed by atoms with E-state index in [-0.39, 0.29) is 5.82 Å². The zero-order chi connectivity index (χ0) is 28.3. The fraction of sp³-hybridized carbons (Fsp3) is 0.114. The molecule has 6 heteroatoms. The van der Waals surface area contributed by atoms with E-state index in [0.29, 0.717) is 0 Å². The third kappa shape index (κ3) is 5.63. The molecule has 2 N–H and O–H groups in total. The molecule has 4 heterocycles. The zero-order valence-corrected chi connectivity index (χ0v) is 23.1. The van der Waals surface area contributed by atoms with E-state index in [1.54, 1.807) is 12.4 Å². The molecule has 0 aliphatic heterocycles. The van der Waals surface area contributed by atoms with E-state index in [4.69, 9.17) is 0 Å². The van der Waals surface area contributed by atoms with Gasteiger partial charge in [-0.2, -0.15) is 5.10 Å². The quantitative estimate of drug-likeness (QED) is 0.242. The van der Waals surface area contributed by atoms with Crippen LogP contribution in [0.2, 0.25) is 0 Å². The Balaban J connectivity index is 1.27. The summed E-state index contributed by atoms with van der Waals surface area (Å²) in [4.78, 5) is 12.3. The van der Waals surface area contributed by atoms with Gasteiger partial charge in [0.2, 0.25) is 0 Å². The summed E-state index contributed by atoms with van der Waals surface area (Å²) < 4.78 is 14.1. The van der Waals surface area contributed by atoms with Gasteiger partial charge in [0.1, 0.15) is 11.5 Å². The molecule has 0 spiro atoms. The third-order valence-electron chi connectivity index (χ3n) is 7.35. The van der Waals surface area contributed by atoms with Crippen molar-refractivity contribution in [3.63, 3.8) is 0 Å². The van der Waals surface area contributed by atoms with E-state index < -0.39 is 0 Å². The zero-order valence-electron chi connectivity index (χ0n) is 23.1. The molecule has 0 fully saturated rings. The number of aromatic amines is 2. The van der Waals surface area contributed by atoms with Crippen LogP contribution < -0.4 is 10.6 Å². The first kappa shape index (κ1) is 26.1. The van der Waals surface area contributed by atoms with E-state index in [2.05, 4.69) is 75.1 Å². The van der Waals surface area contributed by atoms with Crippen LogP contribution in [0, 0.1) is 12.7 Å². The van der Waals surface area contributed by atoms with Crippen molar-refractivity contribution >= 4 is 29.1 Å². The average Bonchev–Trinajstić information content (AvgIpc) is 3.58. The number of pyridine rings is 2. The molecule has 0 aliphatic rings. The Labute approximate surface area is 237 Å². The molecule has 6 rings (SSSR count). The van der Waals surface area contributed by atoms with Crippen LogP contribution in [0.4, 0.5) is 4.39 Å². The summed E-state index contributed by atoms with van der Waals surface area (Å²) in [6, 6.07) is 19.7. The minimum Gasteiger partial charge on any atom is -0.352 e. The summed E-state index contributed by atoms with van der Waals surface area (Å²) in [5.74, 6) is -0.265. The molecule has 0 radical (unpaired) electrons. The first-order chi connectivity index (χ1) is 19.9. The Morgan fingerprint density at radius 2 is 1.73 bits per heavy atom. The van der Waals surface area contributed by atoms with Crippen molar-refractivity contribution in [3.05, 3.63) is 130 Å². The summed E-state index contributed by atoms with van der Waals surface area (Å²) in [5, 5.41) is 10.2. The minimum absolute atomic E-state index is 0.265. The first-order valence-electron chi connectivity index (χ1n) is 13.6. The molecule has 0 saturated carbocycles. The van der Waals surface area contributed by atoms with Gasteiger partial charge in [-0.15, -0.1) is 0 Å². The number of fused-ring (bicyclic) bond motifs is 1. The molecule has 0 saturated heterocycles. The smallest absolute Gasteiger partial charge is 0.124 e. The van der Waals surface area contributed by atoms with Crippen molar-refractivity contribution in [3.8, 4) is 22.5 Å². The van der Waals surface area contributed by atoms with Crippen LogP contribution in [0.25, 0.3) is 51.6 Å². The Bertz CT molecular complexity index is 1980. The second kappa shape index (κ2) is 11.2. The fourth-order valence-electron chi connectivity index (χ4n) is 5.12.